The van der Waals surface area contributed by atoms with Gasteiger partial charge in [-0.05, 0) is 43.0 Å². The SMILES string of the molecule is COc1ccc(-c2noc(CCC(=O)NCC(C)(C)C[C@H](C)O)n2)cc1. The predicted molar refractivity (Wildman–Crippen MR) is 97.7 cm³/mol. The summed E-state index contributed by atoms with van der Waals surface area (Å²) in [6, 6.07) is 7.36. The van der Waals surface area contributed by atoms with Gasteiger partial charge in [0.1, 0.15) is 5.75 Å². The molecule has 1 amide bonds. The number of benzene rings is 1. The number of rotatable bonds is 9. The smallest absolute Gasteiger partial charge is 0.227 e. The van der Waals surface area contributed by atoms with Crippen LogP contribution in [0.5, 0.6) is 5.75 Å². The number of carbonyl (C=O) groups is 1. The number of aromatic nitrogens is 2. The summed E-state index contributed by atoms with van der Waals surface area (Å²) in [5, 5.41) is 16.3. The number of aliphatic hydroxyl groups is 1. The van der Waals surface area contributed by atoms with Crippen LogP contribution < -0.4 is 10.1 Å². The molecule has 0 radical (unpaired) electrons. The molecule has 2 aromatic rings. The molecule has 7 nitrogen and oxygen atoms in total. The quantitative estimate of drug-likeness (QED) is 0.712. The molecule has 7 heteroatoms. The molecule has 0 fully saturated rings. The highest BCUT2D eigenvalue weighted by Gasteiger charge is 2.21. The Morgan fingerprint density at radius 2 is 2.04 bits per heavy atom. The zero-order valence-electron chi connectivity index (χ0n) is 15.8. The number of carbonyl (C=O) groups excluding carboxylic acids is 1. The van der Waals surface area contributed by atoms with Crippen molar-refractivity contribution in [2.24, 2.45) is 5.41 Å². The van der Waals surface area contributed by atoms with E-state index >= 15 is 0 Å². The van der Waals surface area contributed by atoms with Gasteiger partial charge >= 0.3 is 0 Å². The van der Waals surface area contributed by atoms with Crippen LogP contribution in [0.2, 0.25) is 0 Å². The van der Waals surface area contributed by atoms with Crippen LogP contribution in [-0.4, -0.2) is 40.9 Å². The van der Waals surface area contributed by atoms with Crippen LogP contribution >= 0.6 is 0 Å². The summed E-state index contributed by atoms with van der Waals surface area (Å²) in [7, 11) is 1.61. The maximum Gasteiger partial charge on any atom is 0.227 e. The largest absolute Gasteiger partial charge is 0.497 e. The van der Waals surface area contributed by atoms with E-state index < -0.39 is 6.10 Å². The second-order valence-corrected chi connectivity index (χ2v) is 7.23. The van der Waals surface area contributed by atoms with Crippen LogP contribution in [0, 0.1) is 5.41 Å². The fraction of sp³-hybridized carbons (Fsp3) is 0.526. The van der Waals surface area contributed by atoms with E-state index in [2.05, 4.69) is 15.5 Å². The van der Waals surface area contributed by atoms with Gasteiger partial charge in [0.15, 0.2) is 0 Å². The Bertz CT molecular complexity index is 708. The molecule has 0 spiro atoms. The molecule has 2 N–H and O–H groups in total. The molecule has 0 bridgehead atoms. The lowest BCUT2D eigenvalue weighted by molar-refractivity contribution is -0.121. The lowest BCUT2D eigenvalue weighted by atomic mass is 9.87. The van der Waals surface area contributed by atoms with Crippen LogP contribution in [0.3, 0.4) is 0 Å². The second-order valence-electron chi connectivity index (χ2n) is 7.23. The van der Waals surface area contributed by atoms with Gasteiger partial charge < -0.3 is 19.7 Å². The molecule has 0 aliphatic heterocycles. The van der Waals surface area contributed by atoms with E-state index in [1.54, 1.807) is 14.0 Å². The van der Waals surface area contributed by atoms with Crippen molar-refractivity contribution in [3.05, 3.63) is 30.2 Å². The first-order valence-electron chi connectivity index (χ1n) is 8.71. The number of nitrogens with zero attached hydrogens (tertiary/aromatic N) is 2. The van der Waals surface area contributed by atoms with Gasteiger partial charge in [0, 0.05) is 24.9 Å². The molecule has 142 valence electrons. The molecule has 0 aliphatic rings. The number of amides is 1. The highest BCUT2D eigenvalue weighted by Crippen LogP contribution is 2.21. The number of aryl methyl sites for hydroxylation is 1. The Balaban J connectivity index is 1.82. The van der Waals surface area contributed by atoms with Crippen molar-refractivity contribution in [3.63, 3.8) is 0 Å². The number of methoxy groups -OCH3 is 1. The lowest BCUT2D eigenvalue weighted by Gasteiger charge is -2.26. The van der Waals surface area contributed by atoms with Gasteiger partial charge in [0.05, 0.1) is 13.2 Å². The van der Waals surface area contributed by atoms with Gasteiger partial charge in [-0.25, -0.2) is 0 Å². The van der Waals surface area contributed by atoms with Crippen molar-refractivity contribution in [2.45, 2.75) is 46.1 Å². The second kappa shape index (κ2) is 8.80. The maximum absolute atomic E-state index is 12.0. The van der Waals surface area contributed by atoms with Crippen molar-refractivity contribution in [2.75, 3.05) is 13.7 Å². The van der Waals surface area contributed by atoms with Crippen LogP contribution in [0.25, 0.3) is 11.4 Å². The minimum absolute atomic E-state index is 0.0761. The van der Waals surface area contributed by atoms with Crippen molar-refractivity contribution >= 4 is 5.91 Å². The average molecular weight is 361 g/mol. The van der Waals surface area contributed by atoms with Gasteiger partial charge in [-0.2, -0.15) is 4.98 Å². The summed E-state index contributed by atoms with van der Waals surface area (Å²) in [6.07, 6.45) is 0.889. The van der Waals surface area contributed by atoms with Crippen molar-refractivity contribution < 1.29 is 19.2 Å². The third-order valence-corrected chi connectivity index (χ3v) is 3.99. The fourth-order valence-corrected chi connectivity index (χ4v) is 2.73. The first-order valence-corrected chi connectivity index (χ1v) is 8.71. The van der Waals surface area contributed by atoms with E-state index in [4.69, 9.17) is 9.26 Å². The molecule has 26 heavy (non-hydrogen) atoms. The molecule has 1 aromatic heterocycles. The number of hydrogen-bond acceptors (Lipinski definition) is 6. The van der Waals surface area contributed by atoms with Gasteiger partial charge in [0.2, 0.25) is 17.6 Å². The number of aliphatic hydroxyl groups excluding tert-OH is 1. The Morgan fingerprint density at radius 1 is 1.35 bits per heavy atom. The molecule has 0 saturated heterocycles. The van der Waals surface area contributed by atoms with Crippen molar-refractivity contribution in [3.8, 4) is 17.1 Å². The third-order valence-electron chi connectivity index (χ3n) is 3.99. The first-order chi connectivity index (χ1) is 12.3. The number of hydrogen-bond donors (Lipinski definition) is 2. The summed E-state index contributed by atoms with van der Waals surface area (Å²) in [5.41, 5.74) is 0.667. The Hall–Kier alpha value is -2.41. The Labute approximate surface area is 153 Å². The normalized spacial score (nSPS) is 12.7. The van der Waals surface area contributed by atoms with Crippen LogP contribution in [0.15, 0.2) is 28.8 Å². The van der Waals surface area contributed by atoms with Crippen LogP contribution in [0.1, 0.15) is 39.5 Å². The zero-order chi connectivity index (χ0) is 19.2. The molecule has 2 rings (SSSR count). The molecule has 1 heterocycles. The molecule has 1 aromatic carbocycles. The van der Waals surface area contributed by atoms with E-state index in [-0.39, 0.29) is 17.7 Å². The summed E-state index contributed by atoms with van der Waals surface area (Å²) >= 11 is 0. The van der Waals surface area contributed by atoms with Gasteiger partial charge in [-0.15, -0.1) is 0 Å². The Morgan fingerprint density at radius 3 is 2.65 bits per heavy atom. The van der Waals surface area contributed by atoms with Gasteiger partial charge in [-0.1, -0.05) is 19.0 Å². The molecule has 1 atom stereocenters. The number of ether oxygens (including phenoxy) is 1. The summed E-state index contributed by atoms with van der Waals surface area (Å²) < 4.78 is 10.3. The number of nitrogens with one attached hydrogen (secondary N) is 1. The monoisotopic (exact) mass is 361 g/mol. The standard InChI is InChI=1S/C19H27N3O4/c1-13(23)11-19(2,3)12-20-16(24)9-10-17-21-18(22-26-17)14-5-7-15(25-4)8-6-14/h5-8,13,23H,9-12H2,1-4H3,(H,20,24)/t13-/m0/s1. The van der Waals surface area contributed by atoms with Gasteiger partial charge in [0.25, 0.3) is 0 Å². The molecular weight excluding hydrogens is 334 g/mol. The van der Waals surface area contributed by atoms with Gasteiger partial charge in [-0.3, -0.25) is 4.79 Å². The highest BCUT2D eigenvalue weighted by molar-refractivity contribution is 5.76. The van der Waals surface area contributed by atoms with Crippen molar-refractivity contribution in [1.82, 2.24) is 15.5 Å². The summed E-state index contributed by atoms with van der Waals surface area (Å²) in [6.45, 7) is 6.29. The summed E-state index contributed by atoms with van der Waals surface area (Å²) in [5.74, 6) is 1.59. The maximum atomic E-state index is 12.0. The third kappa shape index (κ3) is 6.15. The fourth-order valence-electron chi connectivity index (χ4n) is 2.73. The first kappa shape index (κ1) is 19.9. The Kier molecular flexibility index (Phi) is 6.74. The van der Waals surface area contributed by atoms with Crippen molar-refractivity contribution in [1.29, 1.82) is 0 Å². The van der Waals surface area contributed by atoms with Crippen LogP contribution in [0.4, 0.5) is 0 Å². The van der Waals surface area contributed by atoms with E-state index in [9.17, 15) is 9.90 Å². The minimum atomic E-state index is -0.392. The summed E-state index contributed by atoms with van der Waals surface area (Å²) in [4.78, 5) is 16.3. The van der Waals surface area contributed by atoms with Crippen LogP contribution in [-0.2, 0) is 11.2 Å². The predicted octanol–water partition coefficient (Wildman–Crippen LogP) is 2.59. The topological polar surface area (TPSA) is 97.5 Å². The van der Waals surface area contributed by atoms with E-state index in [0.717, 1.165) is 11.3 Å². The molecular formula is C19H27N3O4. The lowest BCUT2D eigenvalue weighted by Crippen LogP contribution is -2.35. The van der Waals surface area contributed by atoms with E-state index in [1.165, 1.54) is 0 Å². The minimum Gasteiger partial charge on any atom is -0.497 e. The molecule has 0 saturated carbocycles. The average Bonchev–Trinajstić information content (AvgIpc) is 3.06. The van der Waals surface area contributed by atoms with E-state index in [0.29, 0.717) is 31.1 Å². The van der Waals surface area contributed by atoms with E-state index in [1.807, 2.05) is 38.1 Å². The molecule has 0 aliphatic carbocycles. The highest BCUT2D eigenvalue weighted by atomic mass is 16.5. The zero-order valence-corrected chi connectivity index (χ0v) is 15.8. The molecule has 0 unspecified atom stereocenters.